The Balaban J connectivity index is 2.12. The Kier molecular flexibility index (Phi) is 1.23. The van der Waals surface area contributed by atoms with Gasteiger partial charge in [0.25, 0.3) is 5.88 Å². The normalized spacial score (nSPS) is 31.3. The lowest BCUT2D eigenvalue weighted by molar-refractivity contribution is -0.140. The van der Waals surface area contributed by atoms with E-state index in [2.05, 4.69) is 5.10 Å². The molecule has 2 N–H and O–H groups in total. The molecular weight excluding hydrogens is 170 g/mol. The van der Waals surface area contributed by atoms with Crippen LogP contribution >= 0.6 is 0 Å². The molecule has 1 aliphatic heterocycles. The molecule has 2 heterocycles. The number of aryl methyl sites for hydroxylation is 1. The van der Waals surface area contributed by atoms with E-state index in [0.29, 0.717) is 6.61 Å². The number of hydrogen-bond acceptors (Lipinski definition) is 4. The number of rotatable bonds is 2. The highest BCUT2D eigenvalue weighted by Gasteiger charge is 2.31. The zero-order valence-corrected chi connectivity index (χ0v) is 7.23. The zero-order valence-electron chi connectivity index (χ0n) is 10.2. The summed E-state index contributed by atoms with van der Waals surface area (Å²) in [6.45, 7) is 0.00377. The molecule has 0 aliphatic carbocycles. The summed E-state index contributed by atoms with van der Waals surface area (Å²) >= 11 is 0. The minimum atomic E-state index is -2.34. The second-order valence-corrected chi connectivity index (χ2v) is 3.03. The molecule has 0 saturated carbocycles. The average molecular weight is 186 g/mol. The fraction of sp³-hybridized carbons (Fsp3) is 0.625. The smallest absolute Gasteiger partial charge is 0.256 e. The quantitative estimate of drug-likeness (QED) is 0.715. The van der Waals surface area contributed by atoms with Crippen LogP contribution in [0.3, 0.4) is 0 Å². The molecule has 1 saturated heterocycles. The van der Waals surface area contributed by atoms with Crippen molar-refractivity contribution < 1.29 is 13.6 Å². The largest absolute Gasteiger partial charge is 0.467 e. The van der Waals surface area contributed by atoms with Gasteiger partial charge in [-0.25, -0.2) is 0 Å². The van der Waals surface area contributed by atoms with E-state index in [1.165, 1.54) is 6.20 Å². The Morgan fingerprint density at radius 3 is 3.23 bits per heavy atom. The van der Waals surface area contributed by atoms with Gasteiger partial charge in [0, 0.05) is 11.1 Å². The highest BCUT2D eigenvalue weighted by molar-refractivity contribution is 5.45. The van der Waals surface area contributed by atoms with Gasteiger partial charge in [0.05, 0.1) is 18.9 Å². The fourth-order valence-corrected chi connectivity index (χ4v) is 1.10. The number of nitrogens with zero attached hydrogens (tertiary/aromatic N) is 2. The zero-order chi connectivity index (χ0) is 11.9. The SMILES string of the molecule is [2H]C([2H])([2H])n1cc(N)c(O[C@H]2CO[C@H]2C)n1. The van der Waals surface area contributed by atoms with Gasteiger partial charge in [-0.05, 0) is 6.92 Å². The summed E-state index contributed by atoms with van der Waals surface area (Å²) in [5.74, 6) is 0.149. The van der Waals surface area contributed by atoms with Gasteiger partial charge in [0.1, 0.15) is 11.8 Å². The maximum Gasteiger partial charge on any atom is 0.256 e. The summed E-state index contributed by atoms with van der Waals surface area (Å²) in [5, 5.41) is 3.79. The van der Waals surface area contributed by atoms with Crippen molar-refractivity contribution in [2.24, 2.45) is 6.98 Å². The predicted octanol–water partition coefficient (Wildman–Crippen LogP) is 0.168. The standard InChI is InChI=1S/C8H13N3O2/c1-5-7(4-12-5)13-8-6(9)3-11(2)10-8/h3,5,7H,4,9H2,1-2H3/t5-,7-/m0/s1/i2D3. The molecule has 72 valence electrons. The molecule has 0 unspecified atom stereocenters. The van der Waals surface area contributed by atoms with Gasteiger partial charge in [0.15, 0.2) is 0 Å². The monoisotopic (exact) mass is 186 g/mol. The Morgan fingerprint density at radius 1 is 1.92 bits per heavy atom. The van der Waals surface area contributed by atoms with E-state index in [1.807, 2.05) is 6.92 Å². The maximum absolute atomic E-state index is 7.16. The fourth-order valence-electron chi connectivity index (χ4n) is 1.10. The average Bonchev–Trinajstić information content (AvgIpc) is 2.54. The first kappa shape index (κ1) is 5.49. The summed E-state index contributed by atoms with van der Waals surface area (Å²) in [7, 11) is 0. The number of nitrogens with two attached hydrogens (primary N) is 1. The molecule has 5 nitrogen and oxygen atoms in total. The second-order valence-electron chi connectivity index (χ2n) is 3.03. The first-order chi connectivity index (χ1) is 7.38. The molecule has 0 bridgehead atoms. The molecule has 5 heteroatoms. The van der Waals surface area contributed by atoms with Crippen LogP contribution in [0.1, 0.15) is 11.0 Å². The molecule has 0 aromatic carbocycles. The molecule has 2 atom stereocenters. The third-order valence-electron chi connectivity index (χ3n) is 2.02. The van der Waals surface area contributed by atoms with E-state index in [1.54, 1.807) is 0 Å². The van der Waals surface area contributed by atoms with Crippen molar-refractivity contribution in [1.82, 2.24) is 9.78 Å². The summed E-state index contributed by atoms with van der Waals surface area (Å²) in [5.41, 5.74) is 5.83. The predicted molar refractivity (Wildman–Crippen MR) is 47.5 cm³/mol. The number of hydrogen-bond donors (Lipinski definition) is 1. The van der Waals surface area contributed by atoms with Crippen LogP contribution in [0.5, 0.6) is 5.88 Å². The van der Waals surface area contributed by atoms with Crippen LogP contribution in [0.25, 0.3) is 0 Å². The van der Waals surface area contributed by atoms with E-state index in [9.17, 15) is 0 Å². The van der Waals surface area contributed by atoms with Crippen molar-refractivity contribution in [3.8, 4) is 5.88 Å². The van der Waals surface area contributed by atoms with Crippen LogP contribution in [-0.4, -0.2) is 28.6 Å². The van der Waals surface area contributed by atoms with E-state index in [-0.39, 0.29) is 23.8 Å². The first-order valence-electron chi connectivity index (χ1n) is 5.52. The minimum Gasteiger partial charge on any atom is -0.467 e. The lowest BCUT2D eigenvalue weighted by Gasteiger charge is -2.33. The lowest BCUT2D eigenvalue weighted by Crippen LogP contribution is -2.46. The van der Waals surface area contributed by atoms with Crippen molar-refractivity contribution in [2.45, 2.75) is 19.1 Å². The third kappa shape index (κ3) is 1.47. The third-order valence-corrected chi connectivity index (χ3v) is 2.02. The minimum absolute atomic E-state index is 0.0164. The lowest BCUT2D eigenvalue weighted by atomic mass is 10.2. The number of aromatic nitrogens is 2. The highest BCUT2D eigenvalue weighted by atomic mass is 16.6. The van der Waals surface area contributed by atoms with Crippen LogP contribution in [0.15, 0.2) is 6.20 Å². The van der Waals surface area contributed by atoms with Crippen LogP contribution < -0.4 is 10.5 Å². The van der Waals surface area contributed by atoms with Crippen molar-refractivity contribution in [3.05, 3.63) is 6.20 Å². The van der Waals surface area contributed by atoms with Gasteiger partial charge < -0.3 is 15.2 Å². The summed E-state index contributed by atoms with van der Waals surface area (Å²) in [6, 6.07) is 0. The first-order valence-corrected chi connectivity index (χ1v) is 4.02. The van der Waals surface area contributed by atoms with Gasteiger partial charge in [0.2, 0.25) is 0 Å². The number of anilines is 1. The van der Waals surface area contributed by atoms with Crippen molar-refractivity contribution in [1.29, 1.82) is 0 Å². The van der Waals surface area contributed by atoms with Gasteiger partial charge >= 0.3 is 0 Å². The summed E-state index contributed by atoms with van der Waals surface area (Å²) in [6.07, 6.45) is 1.12. The molecular formula is C8H13N3O2. The van der Waals surface area contributed by atoms with Gasteiger partial charge in [-0.2, -0.15) is 0 Å². The second kappa shape index (κ2) is 2.92. The Morgan fingerprint density at radius 2 is 2.77 bits per heavy atom. The topological polar surface area (TPSA) is 62.3 Å². The summed E-state index contributed by atoms with van der Waals surface area (Å²) in [4.78, 5) is 0. The van der Waals surface area contributed by atoms with E-state index >= 15 is 0 Å². The van der Waals surface area contributed by atoms with Gasteiger partial charge in [-0.1, -0.05) is 0 Å². The Labute approximate surface area is 80.6 Å². The Bertz CT molecular complexity index is 390. The molecule has 0 radical (unpaired) electrons. The van der Waals surface area contributed by atoms with Crippen molar-refractivity contribution in [3.63, 3.8) is 0 Å². The molecule has 1 aromatic heterocycles. The van der Waals surface area contributed by atoms with E-state index in [4.69, 9.17) is 19.3 Å². The van der Waals surface area contributed by atoms with Gasteiger partial charge in [-0.15, -0.1) is 5.10 Å². The van der Waals surface area contributed by atoms with Crippen LogP contribution in [0.4, 0.5) is 5.69 Å². The summed E-state index contributed by atoms with van der Waals surface area (Å²) < 4.78 is 32.9. The van der Waals surface area contributed by atoms with Crippen LogP contribution in [0.2, 0.25) is 0 Å². The van der Waals surface area contributed by atoms with Crippen molar-refractivity contribution >= 4 is 5.69 Å². The van der Waals surface area contributed by atoms with Crippen molar-refractivity contribution in [2.75, 3.05) is 12.3 Å². The highest BCUT2D eigenvalue weighted by Crippen LogP contribution is 2.23. The Hall–Kier alpha value is -1.23. The van der Waals surface area contributed by atoms with Crippen LogP contribution in [0, 0.1) is 0 Å². The maximum atomic E-state index is 7.16. The van der Waals surface area contributed by atoms with E-state index in [0.717, 1.165) is 4.68 Å². The number of nitrogen functional groups attached to an aromatic ring is 1. The molecule has 1 aromatic rings. The van der Waals surface area contributed by atoms with Crippen LogP contribution in [-0.2, 0) is 11.7 Å². The number of ether oxygens (including phenoxy) is 2. The molecule has 0 amide bonds. The molecule has 1 fully saturated rings. The molecule has 1 aliphatic rings. The molecule has 0 spiro atoms. The van der Waals surface area contributed by atoms with Gasteiger partial charge in [-0.3, -0.25) is 4.68 Å². The molecule has 13 heavy (non-hydrogen) atoms. The van der Waals surface area contributed by atoms with E-state index < -0.39 is 6.98 Å². The molecule has 2 rings (SSSR count).